The quantitative estimate of drug-likeness (QED) is 0.841. The zero-order valence-corrected chi connectivity index (χ0v) is 10.7. The van der Waals surface area contributed by atoms with Crippen molar-refractivity contribution in [3.8, 4) is 0 Å². The van der Waals surface area contributed by atoms with Gasteiger partial charge in [0.2, 0.25) is 5.95 Å². The van der Waals surface area contributed by atoms with Crippen LogP contribution in [0.5, 0.6) is 0 Å². The number of aryl methyl sites for hydroxylation is 2. The molecule has 0 amide bonds. The molecule has 5 heteroatoms. The molecule has 2 N–H and O–H groups in total. The second-order valence-electron chi connectivity index (χ2n) is 4.55. The number of nitrogens with two attached hydrogens (primary N) is 1. The lowest BCUT2D eigenvalue weighted by atomic mass is 10.3. The zero-order chi connectivity index (χ0) is 12.3. The summed E-state index contributed by atoms with van der Waals surface area (Å²) in [4.78, 5) is 6.90. The van der Waals surface area contributed by atoms with E-state index in [9.17, 15) is 0 Å². The summed E-state index contributed by atoms with van der Waals surface area (Å²) in [7, 11) is 0. The van der Waals surface area contributed by atoms with E-state index in [1.807, 2.05) is 6.92 Å². The van der Waals surface area contributed by atoms with E-state index in [0.29, 0.717) is 6.54 Å². The topological polar surface area (TPSA) is 56.3 Å². The zero-order valence-electron chi connectivity index (χ0n) is 10.7. The Hall–Kier alpha value is -1.07. The third-order valence-electron chi connectivity index (χ3n) is 3.02. The SMILES string of the molecule is CCCn1cc(C)nc1N1CCOC(CN)C1. The second kappa shape index (κ2) is 5.51. The molecule has 0 bridgehead atoms. The van der Waals surface area contributed by atoms with Crippen molar-refractivity contribution in [1.82, 2.24) is 9.55 Å². The van der Waals surface area contributed by atoms with Gasteiger partial charge in [0.15, 0.2) is 0 Å². The molecule has 0 saturated carbocycles. The molecule has 1 fully saturated rings. The van der Waals surface area contributed by atoms with Crippen LogP contribution in [0.1, 0.15) is 19.0 Å². The molecular weight excluding hydrogens is 216 g/mol. The van der Waals surface area contributed by atoms with Gasteiger partial charge >= 0.3 is 0 Å². The fourth-order valence-corrected chi connectivity index (χ4v) is 2.24. The number of nitrogens with zero attached hydrogens (tertiary/aromatic N) is 3. The van der Waals surface area contributed by atoms with E-state index >= 15 is 0 Å². The van der Waals surface area contributed by atoms with Gasteiger partial charge in [-0.3, -0.25) is 0 Å². The molecule has 0 spiro atoms. The van der Waals surface area contributed by atoms with E-state index in [-0.39, 0.29) is 6.10 Å². The highest BCUT2D eigenvalue weighted by atomic mass is 16.5. The van der Waals surface area contributed by atoms with E-state index < -0.39 is 0 Å². The number of hydrogen-bond donors (Lipinski definition) is 1. The Balaban J connectivity index is 2.14. The Morgan fingerprint density at radius 2 is 2.41 bits per heavy atom. The first-order chi connectivity index (χ1) is 8.24. The molecule has 2 heterocycles. The molecule has 0 radical (unpaired) electrons. The number of ether oxygens (including phenoxy) is 1. The monoisotopic (exact) mass is 238 g/mol. The molecule has 0 aliphatic carbocycles. The van der Waals surface area contributed by atoms with Crippen LogP contribution in [0, 0.1) is 6.92 Å². The highest BCUT2D eigenvalue weighted by Gasteiger charge is 2.22. The predicted molar refractivity (Wildman–Crippen MR) is 68.3 cm³/mol. The molecule has 1 aliphatic rings. The first kappa shape index (κ1) is 12.4. The van der Waals surface area contributed by atoms with Gasteiger partial charge in [-0.2, -0.15) is 0 Å². The van der Waals surface area contributed by atoms with Crippen molar-refractivity contribution in [2.75, 3.05) is 31.1 Å². The molecular formula is C12H22N4O. The van der Waals surface area contributed by atoms with Crippen LogP contribution < -0.4 is 10.6 Å². The van der Waals surface area contributed by atoms with Gasteiger partial charge in [-0.1, -0.05) is 6.92 Å². The third kappa shape index (κ3) is 2.79. The number of anilines is 1. The highest BCUT2D eigenvalue weighted by molar-refractivity contribution is 5.34. The summed E-state index contributed by atoms with van der Waals surface area (Å²) in [6.07, 6.45) is 3.37. The molecule has 96 valence electrons. The molecule has 1 unspecified atom stereocenters. The average molecular weight is 238 g/mol. The van der Waals surface area contributed by atoms with Gasteiger partial charge in [0.25, 0.3) is 0 Å². The first-order valence-electron chi connectivity index (χ1n) is 6.35. The number of hydrogen-bond acceptors (Lipinski definition) is 4. The predicted octanol–water partition coefficient (Wildman–Crippen LogP) is 0.765. The largest absolute Gasteiger partial charge is 0.373 e. The van der Waals surface area contributed by atoms with Crippen molar-refractivity contribution < 1.29 is 4.74 Å². The van der Waals surface area contributed by atoms with Crippen LogP contribution in [0.3, 0.4) is 0 Å². The summed E-state index contributed by atoms with van der Waals surface area (Å²) in [5.41, 5.74) is 6.74. The second-order valence-corrected chi connectivity index (χ2v) is 4.55. The van der Waals surface area contributed by atoms with Crippen LogP contribution >= 0.6 is 0 Å². The normalized spacial score (nSPS) is 20.9. The van der Waals surface area contributed by atoms with Crippen LogP contribution in [0.2, 0.25) is 0 Å². The maximum atomic E-state index is 5.67. The Labute approximate surface area is 103 Å². The standard InChI is InChI=1S/C12H22N4O/c1-3-4-15-8-10(2)14-12(15)16-5-6-17-11(7-13)9-16/h8,11H,3-7,9,13H2,1-2H3. The Morgan fingerprint density at radius 3 is 3.12 bits per heavy atom. The maximum absolute atomic E-state index is 5.67. The Morgan fingerprint density at radius 1 is 1.59 bits per heavy atom. The summed E-state index contributed by atoms with van der Waals surface area (Å²) in [6, 6.07) is 0. The lowest BCUT2D eigenvalue weighted by Crippen LogP contribution is -2.46. The molecule has 1 atom stereocenters. The Bertz CT molecular complexity index is 363. The van der Waals surface area contributed by atoms with Crippen LogP contribution in [0.15, 0.2) is 6.20 Å². The van der Waals surface area contributed by atoms with Crippen molar-refractivity contribution in [3.05, 3.63) is 11.9 Å². The van der Waals surface area contributed by atoms with Gasteiger partial charge < -0.3 is 19.9 Å². The molecule has 5 nitrogen and oxygen atoms in total. The van der Waals surface area contributed by atoms with Crippen molar-refractivity contribution in [2.24, 2.45) is 5.73 Å². The minimum atomic E-state index is 0.135. The molecule has 17 heavy (non-hydrogen) atoms. The summed E-state index contributed by atoms with van der Waals surface area (Å²) >= 11 is 0. The lowest BCUT2D eigenvalue weighted by Gasteiger charge is -2.33. The lowest BCUT2D eigenvalue weighted by molar-refractivity contribution is 0.0457. The Kier molecular flexibility index (Phi) is 4.02. The van der Waals surface area contributed by atoms with Crippen molar-refractivity contribution in [2.45, 2.75) is 32.9 Å². The molecule has 1 aliphatic heterocycles. The summed E-state index contributed by atoms with van der Waals surface area (Å²) < 4.78 is 7.81. The summed E-state index contributed by atoms with van der Waals surface area (Å²) in [6.45, 7) is 8.29. The molecule has 0 aromatic carbocycles. The van der Waals surface area contributed by atoms with Crippen molar-refractivity contribution >= 4 is 5.95 Å². The molecule has 2 rings (SSSR count). The van der Waals surface area contributed by atoms with Gasteiger partial charge in [-0.25, -0.2) is 4.98 Å². The first-order valence-corrected chi connectivity index (χ1v) is 6.35. The van der Waals surface area contributed by atoms with E-state index in [1.165, 1.54) is 0 Å². The van der Waals surface area contributed by atoms with Crippen molar-refractivity contribution in [1.29, 1.82) is 0 Å². The van der Waals surface area contributed by atoms with E-state index in [4.69, 9.17) is 10.5 Å². The van der Waals surface area contributed by atoms with Gasteiger partial charge in [-0.15, -0.1) is 0 Å². The molecule has 1 aromatic heterocycles. The van der Waals surface area contributed by atoms with Gasteiger partial charge in [0, 0.05) is 32.4 Å². The number of morpholine rings is 1. The number of aromatic nitrogens is 2. The average Bonchev–Trinajstić information content (AvgIpc) is 2.71. The highest BCUT2D eigenvalue weighted by Crippen LogP contribution is 2.17. The van der Waals surface area contributed by atoms with Gasteiger partial charge in [0.1, 0.15) is 0 Å². The number of imidazole rings is 1. The maximum Gasteiger partial charge on any atom is 0.205 e. The molecule has 1 aromatic rings. The smallest absolute Gasteiger partial charge is 0.205 e. The number of rotatable bonds is 4. The van der Waals surface area contributed by atoms with Crippen LogP contribution in [-0.4, -0.2) is 41.9 Å². The fourth-order valence-electron chi connectivity index (χ4n) is 2.24. The van der Waals surface area contributed by atoms with E-state index in [0.717, 1.165) is 44.3 Å². The summed E-state index contributed by atoms with van der Waals surface area (Å²) in [5, 5.41) is 0. The minimum absolute atomic E-state index is 0.135. The fraction of sp³-hybridized carbons (Fsp3) is 0.750. The third-order valence-corrected chi connectivity index (χ3v) is 3.02. The van der Waals surface area contributed by atoms with E-state index in [1.54, 1.807) is 0 Å². The van der Waals surface area contributed by atoms with Gasteiger partial charge in [-0.05, 0) is 13.3 Å². The van der Waals surface area contributed by atoms with Crippen LogP contribution in [-0.2, 0) is 11.3 Å². The van der Waals surface area contributed by atoms with Crippen LogP contribution in [0.25, 0.3) is 0 Å². The molecule has 1 saturated heterocycles. The minimum Gasteiger partial charge on any atom is -0.373 e. The van der Waals surface area contributed by atoms with E-state index in [2.05, 4.69) is 27.6 Å². The summed E-state index contributed by atoms with van der Waals surface area (Å²) in [5.74, 6) is 1.06. The van der Waals surface area contributed by atoms with Crippen molar-refractivity contribution in [3.63, 3.8) is 0 Å². The van der Waals surface area contributed by atoms with Crippen LogP contribution in [0.4, 0.5) is 5.95 Å². The van der Waals surface area contributed by atoms with Gasteiger partial charge in [0.05, 0.1) is 18.4 Å².